The first kappa shape index (κ1) is 19.5. The summed E-state index contributed by atoms with van der Waals surface area (Å²) < 4.78 is 11.7. The average Bonchev–Trinajstić information content (AvgIpc) is 2.83. The summed E-state index contributed by atoms with van der Waals surface area (Å²) in [5, 5.41) is 24.7. The van der Waals surface area contributed by atoms with Gasteiger partial charge >= 0.3 is 0 Å². The van der Waals surface area contributed by atoms with Crippen LogP contribution in [-0.2, 0) is 0 Å². The topological polar surface area (TPSA) is 58.9 Å². The molecule has 0 amide bonds. The van der Waals surface area contributed by atoms with Crippen LogP contribution in [0.2, 0.25) is 0 Å². The first-order valence-electron chi connectivity index (χ1n) is 10.1. The zero-order chi connectivity index (χ0) is 21.2. The Labute approximate surface area is 182 Å². The van der Waals surface area contributed by atoms with Crippen LogP contribution in [0.5, 0.6) is 23.0 Å². The van der Waals surface area contributed by atoms with Crippen LogP contribution in [0.15, 0.2) is 91.0 Å². The van der Waals surface area contributed by atoms with Gasteiger partial charge in [0.2, 0.25) is 0 Å². The van der Waals surface area contributed by atoms with Gasteiger partial charge in [0.15, 0.2) is 23.0 Å². The molecule has 0 unspecified atom stereocenters. The van der Waals surface area contributed by atoms with E-state index in [0.29, 0.717) is 35.8 Å². The summed E-state index contributed by atoms with van der Waals surface area (Å²) in [6.07, 6.45) is 0. The fraction of sp³-hybridized carbons (Fsp3) is 0.0769. The first-order valence-corrected chi connectivity index (χ1v) is 11.4. The summed E-state index contributed by atoms with van der Waals surface area (Å²) >= 11 is 0. The van der Waals surface area contributed by atoms with Crippen molar-refractivity contribution in [3.05, 3.63) is 91.0 Å². The summed E-state index contributed by atoms with van der Waals surface area (Å²) in [5.74, 6) is 0.914. The molecule has 0 radical (unpaired) electrons. The van der Waals surface area contributed by atoms with Gasteiger partial charge in [-0.25, -0.2) is 0 Å². The van der Waals surface area contributed by atoms with Crippen molar-refractivity contribution in [1.29, 1.82) is 0 Å². The molecule has 0 bridgehead atoms. The lowest BCUT2D eigenvalue weighted by molar-refractivity contribution is 0.172. The zero-order valence-corrected chi connectivity index (χ0v) is 17.6. The van der Waals surface area contributed by atoms with Crippen LogP contribution in [0.25, 0.3) is 11.1 Å². The summed E-state index contributed by atoms with van der Waals surface area (Å²) in [6, 6.07) is 29.6. The zero-order valence-electron chi connectivity index (χ0n) is 16.7. The lowest BCUT2D eigenvalue weighted by atomic mass is 10.0. The predicted molar refractivity (Wildman–Crippen MR) is 125 cm³/mol. The van der Waals surface area contributed by atoms with Crippen molar-refractivity contribution in [2.45, 2.75) is 0 Å². The second-order valence-corrected chi connectivity index (χ2v) is 9.35. The molecule has 0 spiro atoms. The largest absolute Gasteiger partial charge is 0.504 e. The van der Waals surface area contributed by atoms with Gasteiger partial charge in [-0.3, -0.25) is 0 Å². The minimum atomic E-state index is -1.000. The number of fused-ring (bicyclic) bond motifs is 1. The Bertz CT molecular complexity index is 1170. The van der Waals surface area contributed by atoms with E-state index >= 15 is 0 Å². The van der Waals surface area contributed by atoms with E-state index in [1.54, 1.807) is 6.07 Å². The number of aromatic hydroxyl groups is 2. The summed E-state index contributed by atoms with van der Waals surface area (Å²) in [4.78, 5) is 0. The van der Waals surface area contributed by atoms with Crippen molar-refractivity contribution in [3.8, 4) is 34.1 Å². The fourth-order valence-corrected chi connectivity index (χ4v) is 6.34. The lowest BCUT2D eigenvalue weighted by Gasteiger charge is -2.26. The van der Waals surface area contributed by atoms with Crippen molar-refractivity contribution in [2.24, 2.45) is 0 Å². The number of hydrogen-bond donors (Lipinski definition) is 2. The molecule has 0 saturated carbocycles. The van der Waals surface area contributed by atoms with Crippen LogP contribution in [0.3, 0.4) is 0 Å². The Kier molecular flexibility index (Phi) is 5.23. The van der Waals surface area contributed by atoms with Crippen molar-refractivity contribution in [1.82, 2.24) is 0 Å². The molecule has 5 heteroatoms. The van der Waals surface area contributed by atoms with Crippen molar-refractivity contribution >= 4 is 23.8 Å². The average molecular weight is 428 g/mol. The maximum Gasteiger partial charge on any atom is 0.169 e. The van der Waals surface area contributed by atoms with E-state index in [1.807, 2.05) is 60.7 Å². The molecule has 1 aliphatic rings. The molecule has 31 heavy (non-hydrogen) atoms. The van der Waals surface area contributed by atoms with Gasteiger partial charge in [-0.15, -0.1) is 0 Å². The molecule has 0 atom stereocenters. The number of phenols is 2. The highest BCUT2D eigenvalue weighted by Gasteiger charge is 2.27. The van der Waals surface area contributed by atoms with Crippen LogP contribution in [0.4, 0.5) is 0 Å². The summed E-state index contributed by atoms with van der Waals surface area (Å²) in [6.45, 7) is 0.918. The van der Waals surface area contributed by atoms with Gasteiger partial charge in [-0.2, -0.15) is 0 Å². The van der Waals surface area contributed by atoms with Gasteiger partial charge in [-0.05, 0) is 42.0 Å². The van der Waals surface area contributed by atoms with E-state index in [0.717, 1.165) is 15.9 Å². The smallest absolute Gasteiger partial charge is 0.169 e. The SMILES string of the molecule is Oc1ccc(P(c2ccccc2)c2ccccc2)c(-c2cccc3c2OCCO3)c1O. The van der Waals surface area contributed by atoms with Crippen molar-refractivity contribution in [3.63, 3.8) is 0 Å². The summed E-state index contributed by atoms with van der Waals surface area (Å²) in [7, 11) is -1.000. The first-order chi connectivity index (χ1) is 15.2. The Hall–Kier alpha value is -3.49. The monoisotopic (exact) mass is 428 g/mol. The van der Waals surface area contributed by atoms with E-state index in [9.17, 15) is 10.2 Å². The summed E-state index contributed by atoms with van der Waals surface area (Å²) in [5.41, 5.74) is 1.28. The van der Waals surface area contributed by atoms with E-state index in [4.69, 9.17) is 9.47 Å². The van der Waals surface area contributed by atoms with E-state index in [-0.39, 0.29) is 11.5 Å². The molecule has 0 aliphatic carbocycles. The second kappa shape index (κ2) is 8.33. The molecule has 5 rings (SSSR count). The van der Waals surface area contributed by atoms with E-state index in [1.165, 1.54) is 0 Å². The number of ether oxygens (including phenoxy) is 2. The Balaban J connectivity index is 1.80. The maximum atomic E-state index is 11.0. The fourth-order valence-electron chi connectivity index (χ4n) is 3.87. The number of para-hydroxylation sites is 1. The molecule has 0 saturated heterocycles. The third-order valence-corrected chi connectivity index (χ3v) is 7.72. The van der Waals surface area contributed by atoms with Crippen LogP contribution in [0, 0.1) is 0 Å². The molecule has 0 aromatic heterocycles. The Morgan fingerprint density at radius 3 is 1.97 bits per heavy atom. The molecule has 1 aliphatic heterocycles. The lowest BCUT2D eigenvalue weighted by Crippen LogP contribution is -2.22. The maximum absolute atomic E-state index is 11.0. The predicted octanol–water partition coefficient (Wildman–Crippen LogP) is 4.29. The molecular weight excluding hydrogens is 407 g/mol. The van der Waals surface area contributed by atoms with E-state index in [2.05, 4.69) is 24.3 Å². The van der Waals surface area contributed by atoms with Gasteiger partial charge in [0, 0.05) is 11.1 Å². The third-order valence-electron chi connectivity index (χ3n) is 5.24. The second-order valence-electron chi connectivity index (χ2n) is 7.16. The molecule has 4 aromatic rings. The highest BCUT2D eigenvalue weighted by Crippen LogP contribution is 2.48. The molecule has 4 aromatic carbocycles. The highest BCUT2D eigenvalue weighted by atomic mass is 31.1. The van der Waals surface area contributed by atoms with Gasteiger partial charge in [0.25, 0.3) is 0 Å². The van der Waals surface area contributed by atoms with Gasteiger partial charge in [0.1, 0.15) is 13.2 Å². The number of rotatable bonds is 4. The number of phenolic OH excluding ortho intramolecular Hbond substituents is 2. The van der Waals surface area contributed by atoms with Crippen molar-refractivity contribution < 1.29 is 19.7 Å². The van der Waals surface area contributed by atoms with Gasteiger partial charge < -0.3 is 19.7 Å². The number of hydrogen-bond acceptors (Lipinski definition) is 4. The highest BCUT2D eigenvalue weighted by molar-refractivity contribution is 7.80. The molecule has 4 nitrogen and oxygen atoms in total. The van der Waals surface area contributed by atoms with E-state index < -0.39 is 7.92 Å². The molecular formula is C26H21O4P. The molecule has 2 N–H and O–H groups in total. The molecule has 0 fully saturated rings. The van der Waals surface area contributed by atoms with Crippen LogP contribution >= 0.6 is 7.92 Å². The Morgan fingerprint density at radius 1 is 0.645 bits per heavy atom. The van der Waals surface area contributed by atoms with Crippen LogP contribution in [0.1, 0.15) is 0 Å². The minimum Gasteiger partial charge on any atom is -0.504 e. The molecule has 1 heterocycles. The number of benzene rings is 4. The standard InChI is InChI=1S/C26H21O4P/c27-21-14-15-23(31(18-8-3-1-4-9-18)19-10-5-2-6-11-19)24(25(21)28)20-12-7-13-22-26(20)30-17-16-29-22/h1-15,27-28H,16-17H2. The van der Waals surface area contributed by atoms with Crippen LogP contribution in [-0.4, -0.2) is 23.4 Å². The third kappa shape index (κ3) is 3.60. The van der Waals surface area contributed by atoms with Gasteiger partial charge in [0.05, 0.1) is 0 Å². The molecule has 154 valence electrons. The quantitative estimate of drug-likeness (QED) is 0.376. The van der Waals surface area contributed by atoms with Crippen LogP contribution < -0.4 is 25.4 Å². The van der Waals surface area contributed by atoms with Crippen molar-refractivity contribution in [2.75, 3.05) is 13.2 Å². The van der Waals surface area contributed by atoms with Gasteiger partial charge in [-0.1, -0.05) is 72.8 Å². The normalized spacial score (nSPS) is 12.7. The minimum absolute atomic E-state index is 0.153. The Morgan fingerprint density at radius 2 is 1.29 bits per heavy atom.